The van der Waals surface area contributed by atoms with E-state index in [9.17, 15) is 13.7 Å². The number of likely N-dealkylation sites (N-methyl/N-ethyl adjacent to an activating group) is 1. The van der Waals surface area contributed by atoms with Crippen LogP contribution in [0.3, 0.4) is 0 Å². The van der Waals surface area contributed by atoms with Crippen LogP contribution >= 0.6 is 34.5 Å². The monoisotopic (exact) mass is 507 g/mol. The molecule has 6 nitrogen and oxygen atoms in total. The molecule has 1 aromatic heterocycles. The number of anilines is 1. The van der Waals surface area contributed by atoms with Crippen molar-refractivity contribution >= 4 is 50.2 Å². The third-order valence-corrected chi connectivity index (χ3v) is 8.53. The number of rotatable bonds is 6. The first kappa shape index (κ1) is 22.9. The fourth-order valence-corrected chi connectivity index (χ4v) is 6.64. The Morgan fingerprint density at radius 1 is 1.22 bits per heavy atom. The van der Waals surface area contributed by atoms with Gasteiger partial charge in [-0.1, -0.05) is 35.3 Å². The second kappa shape index (κ2) is 9.30. The zero-order valence-corrected chi connectivity index (χ0v) is 20.2. The van der Waals surface area contributed by atoms with Crippen molar-refractivity contribution in [1.29, 1.82) is 5.26 Å². The molecule has 4 rings (SSSR count). The minimum absolute atomic E-state index is 0.000488. The first-order chi connectivity index (χ1) is 15.2. The van der Waals surface area contributed by atoms with Gasteiger partial charge in [-0.15, -0.1) is 11.3 Å². The number of sulfonamides is 1. The summed E-state index contributed by atoms with van der Waals surface area (Å²) in [6.07, 6.45) is 0.876. The van der Waals surface area contributed by atoms with Crippen molar-refractivity contribution in [2.45, 2.75) is 16.7 Å². The van der Waals surface area contributed by atoms with Crippen LogP contribution < -0.4 is 9.46 Å². The number of benzene rings is 2. The van der Waals surface area contributed by atoms with Gasteiger partial charge in [0, 0.05) is 24.7 Å². The Balaban J connectivity index is 1.63. The van der Waals surface area contributed by atoms with Gasteiger partial charge in [-0.3, -0.25) is 4.72 Å². The maximum atomic E-state index is 13.2. The van der Waals surface area contributed by atoms with Crippen molar-refractivity contribution in [2.24, 2.45) is 0 Å². The van der Waals surface area contributed by atoms with E-state index >= 15 is 0 Å². The van der Waals surface area contributed by atoms with Gasteiger partial charge in [0.1, 0.15) is 16.1 Å². The summed E-state index contributed by atoms with van der Waals surface area (Å²) in [5.41, 5.74) is 1.79. The van der Waals surface area contributed by atoms with Crippen molar-refractivity contribution in [1.82, 2.24) is 4.90 Å². The van der Waals surface area contributed by atoms with Crippen LogP contribution in [0.4, 0.5) is 5.69 Å². The normalized spacial score (nSPS) is 16.6. The Kier molecular flexibility index (Phi) is 6.65. The highest BCUT2D eigenvalue weighted by Crippen LogP contribution is 2.39. The van der Waals surface area contributed by atoms with Gasteiger partial charge in [0.15, 0.2) is 0 Å². The number of thiophene rings is 1. The summed E-state index contributed by atoms with van der Waals surface area (Å²) in [6.45, 7) is 1.72. The van der Waals surface area contributed by atoms with Crippen LogP contribution in [-0.2, 0) is 10.0 Å². The molecule has 3 aromatic rings. The van der Waals surface area contributed by atoms with Crippen LogP contribution in [0, 0.1) is 11.3 Å². The van der Waals surface area contributed by atoms with Crippen LogP contribution in [0.1, 0.15) is 12.0 Å². The van der Waals surface area contributed by atoms with Crippen LogP contribution in [0.2, 0.25) is 9.36 Å². The zero-order valence-electron chi connectivity index (χ0n) is 17.0. The van der Waals surface area contributed by atoms with Crippen molar-refractivity contribution in [3.8, 4) is 22.9 Å². The number of nitriles is 1. The van der Waals surface area contributed by atoms with E-state index in [-0.39, 0.29) is 10.3 Å². The maximum Gasteiger partial charge on any atom is 0.272 e. The van der Waals surface area contributed by atoms with Crippen LogP contribution in [0.25, 0.3) is 11.1 Å². The first-order valence-electron chi connectivity index (χ1n) is 9.72. The highest BCUT2D eigenvalue weighted by molar-refractivity contribution is 7.94. The predicted octanol–water partition coefficient (Wildman–Crippen LogP) is 5.48. The number of nitrogens with zero attached hydrogens (tertiary/aromatic N) is 2. The summed E-state index contributed by atoms with van der Waals surface area (Å²) in [5.74, 6) is 0.429. The molecule has 0 amide bonds. The van der Waals surface area contributed by atoms with Crippen molar-refractivity contribution in [3.63, 3.8) is 0 Å². The lowest BCUT2D eigenvalue weighted by Crippen LogP contribution is -2.21. The molecule has 1 aliphatic rings. The number of nitrogens with one attached hydrogen (secondary N) is 1. The van der Waals surface area contributed by atoms with Gasteiger partial charge in [0.25, 0.3) is 10.0 Å². The molecule has 2 aromatic carbocycles. The van der Waals surface area contributed by atoms with Gasteiger partial charge in [-0.25, -0.2) is 8.42 Å². The molecule has 0 bridgehead atoms. The van der Waals surface area contributed by atoms with Crippen LogP contribution in [0.5, 0.6) is 5.75 Å². The minimum Gasteiger partial charge on any atom is -0.487 e. The Morgan fingerprint density at radius 2 is 2.03 bits per heavy atom. The quantitative estimate of drug-likeness (QED) is 0.477. The molecule has 1 atom stereocenters. The predicted molar refractivity (Wildman–Crippen MR) is 128 cm³/mol. The number of likely N-dealkylation sites (tertiary alicyclic amines) is 1. The highest BCUT2D eigenvalue weighted by Gasteiger charge is 2.25. The van der Waals surface area contributed by atoms with E-state index < -0.39 is 10.0 Å². The Labute approximate surface area is 201 Å². The zero-order chi connectivity index (χ0) is 22.9. The van der Waals surface area contributed by atoms with E-state index in [0.717, 1.165) is 30.8 Å². The number of ether oxygens (including phenoxy) is 1. The second-order valence-electron chi connectivity index (χ2n) is 7.49. The van der Waals surface area contributed by atoms with Crippen molar-refractivity contribution in [3.05, 3.63) is 63.5 Å². The first-order valence-corrected chi connectivity index (χ1v) is 12.8. The highest BCUT2D eigenvalue weighted by atomic mass is 35.5. The van der Waals surface area contributed by atoms with Crippen LogP contribution in [-0.4, -0.2) is 39.6 Å². The molecule has 0 aliphatic carbocycles. The Bertz CT molecular complexity index is 1300. The summed E-state index contributed by atoms with van der Waals surface area (Å²) >= 11 is 13.4. The van der Waals surface area contributed by atoms with Gasteiger partial charge in [0.05, 0.1) is 26.7 Å². The lowest BCUT2D eigenvalue weighted by molar-refractivity contribution is 0.208. The molecule has 0 spiro atoms. The third kappa shape index (κ3) is 5.03. The van der Waals surface area contributed by atoms with E-state index in [1.54, 1.807) is 48.5 Å². The van der Waals surface area contributed by atoms with E-state index in [1.165, 1.54) is 0 Å². The fourth-order valence-electron chi connectivity index (χ4n) is 3.53. The molecular formula is C22H19Cl2N3O3S2. The SMILES string of the molecule is CN1CC[C@@H](Oc2cc(NS(=O)(=O)c3sc(Cl)cc3-c3cccc(C#N)c3)ccc2Cl)C1. The molecule has 0 radical (unpaired) electrons. The van der Waals surface area contributed by atoms with Gasteiger partial charge < -0.3 is 9.64 Å². The molecular weight excluding hydrogens is 489 g/mol. The number of halogens is 2. The van der Waals surface area contributed by atoms with Gasteiger partial charge in [-0.05, 0) is 49.4 Å². The van der Waals surface area contributed by atoms with Gasteiger partial charge in [0.2, 0.25) is 0 Å². The maximum absolute atomic E-state index is 13.2. The summed E-state index contributed by atoms with van der Waals surface area (Å²) in [6, 6.07) is 15.1. The summed E-state index contributed by atoms with van der Waals surface area (Å²) in [4.78, 5) is 2.16. The van der Waals surface area contributed by atoms with E-state index in [1.807, 2.05) is 7.05 Å². The largest absolute Gasteiger partial charge is 0.487 e. The van der Waals surface area contributed by atoms with Crippen LogP contribution in [0.15, 0.2) is 52.7 Å². The molecule has 1 aliphatic heterocycles. The van der Waals surface area contributed by atoms with Gasteiger partial charge >= 0.3 is 0 Å². The Morgan fingerprint density at radius 3 is 2.75 bits per heavy atom. The molecule has 166 valence electrons. The third-order valence-electron chi connectivity index (χ3n) is 5.04. The number of hydrogen-bond acceptors (Lipinski definition) is 6. The average molecular weight is 508 g/mol. The molecule has 0 unspecified atom stereocenters. The molecule has 0 saturated carbocycles. The molecule has 10 heteroatoms. The summed E-state index contributed by atoms with van der Waals surface area (Å²) in [5, 5.41) is 9.59. The molecule has 1 saturated heterocycles. The Hall–Kier alpha value is -2.28. The molecule has 1 fully saturated rings. The van der Waals surface area contributed by atoms with E-state index in [4.69, 9.17) is 27.9 Å². The van der Waals surface area contributed by atoms with E-state index in [2.05, 4.69) is 15.7 Å². The van der Waals surface area contributed by atoms with Crippen molar-refractivity contribution < 1.29 is 13.2 Å². The average Bonchev–Trinajstić information content (AvgIpc) is 3.36. The number of hydrogen-bond donors (Lipinski definition) is 1. The van der Waals surface area contributed by atoms with E-state index in [0.29, 0.717) is 37.5 Å². The minimum atomic E-state index is -3.96. The summed E-state index contributed by atoms with van der Waals surface area (Å²) < 4.78 is 35.5. The lowest BCUT2D eigenvalue weighted by atomic mass is 10.1. The fraction of sp³-hybridized carbons (Fsp3) is 0.227. The van der Waals surface area contributed by atoms with Gasteiger partial charge in [-0.2, -0.15) is 5.26 Å². The molecule has 1 N–H and O–H groups in total. The van der Waals surface area contributed by atoms with Crippen molar-refractivity contribution in [2.75, 3.05) is 24.9 Å². The molecule has 32 heavy (non-hydrogen) atoms. The summed E-state index contributed by atoms with van der Waals surface area (Å²) in [7, 11) is -1.94. The molecule has 2 heterocycles. The topological polar surface area (TPSA) is 82.4 Å². The smallest absolute Gasteiger partial charge is 0.272 e. The standard InChI is InChI=1S/C22H19Cl2N3O3S2/c1-27-8-7-17(13-27)30-20-10-16(5-6-19(20)23)26-32(28,29)22-18(11-21(24)31-22)15-4-2-3-14(9-15)12-25/h2-6,9-11,17,26H,7-8,13H2,1H3/t17-/m1/s1. The lowest BCUT2D eigenvalue weighted by Gasteiger charge is -2.16. The second-order valence-corrected chi connectivity index (χ2v) is 11.5.